The lowest BCUT2D eigenvalue weighted by atomic mass is 9.84. The number of fused-ring (bicyclic) bond motifs is 2. The molecule has 4 atom stereocenters. The number of rotatable bonds is 2. The van der Waals surface area contributed by atoms with Crippen molar-refractivity contribution in [2.75, 3.05) is 5.32 Å². The predicted molar refractivity (Wildman–Crippen MR) is 67.3 cm³/mol. The minimum atomic E-state index is -0.400. The van der Waals surface area contributed by atoms with Crippen LogP contribution in [0.5, 0.6) is 0 Å². The molecular formula is C14H17FN2O. The molecule has 0 spiro atoms. The fourth-order valence-corrected chi connectivity index (χ4v) is 3.50. The third-order valence-corrected chi connectivity index (χ3v) is 4.42. The Morgan fingerprint density at radius 2 is 2.00 bits per heavy atom. The first-order chi connectivity index (χ1) is 8.66. The summed E-state index contributed by atoms with van der Waals surface area (Å²) in [7, 11) is 0. The largest absolute Gasteiger partial charge is 0.327 e. The topological polar surface area (TPSA) is 55.1 Å². The van der Waals surface area contributed by atoms with Crippen molar-refractivity contribution >= 4 is 11.6 Å². The highest BCUT2D eigenvalue weighted by Crippen LogP contribution is 2.47. The van der Waals surface area contributed by atoms with E-state index in [-0.39, 0.29) is 23.6 Å². The monoisotopic (exact) mass is 248 g/mol. The van der Waals surface area contributed by atoms with Crippen LogP contribution < -0.4 is 11.1 Å². The van der Waals surface area contributed by atoms with E-state index in [2.05, 4.69) is 5.32 Å². The molecule has 3 N–H and O–H groups in total. The van der Waals surface area contributed by atoms with E-state index >= 15 is 0 Å². The van der Waals surface area contributed by atoms with Crippen LogP contribution in [-0.4, -0.2) is 11.9 Å². The Bertz CT molecular complexity index is 475. The molecular weight excluding hydrogens is 231 g/mol. The Morgan fingerprint density at radius 3 is 2.67 bits per heavy atom. The van der Waals surface area contributed by atoms with Gasteiger partial charge in [-0.05, 0) is 43.2 Å². The van der Waals surface area contributed by atoms with Crippen molar-refractivity contribution in [3.63, 3.8) is 0 Å². The molecule has 1 aromatic rings. The van der Waals surface area contributed by atoms with Crippen LogP contribution in [0.15, 0.2) is 24.3 Å². The number of nitrogens with two attached hydrogens (primary N) is 1. The Morgan fingerprint density at radius 1 is 1.28 bits per heavy atom. The summed E-state index contributed by atoms with van der Waals surface area (Å²) in [5.41, 5.74) is 6.35. The van der Waals surface area contributed by atoms with Gasteiger partial charge >= 0.3 is 0 Å². The van der Waals surface area contributed by atoms with Crippen molar-refractivity contribution in [1.82, 2.24) is 0 Å². The van der Waals surface area contributed by atoms with Gasteiger partial charge in [0.15, 0.2) is 0 Å². The van der Waals surface area contributed by atoms with Gasteiger partial charge in [0.2, 0.25) is 5.91 Å². The number of hydrogen-bond acceptors (Lipinski definition) is 2. The van der Waals surface area contributed by atoms with Gasteiger partial charge in [0.1, 0.15) is 5.82 Å². The van der Waals surface area contributed by atoms with Gasteiger partial charge in [-0.25, -0.2) is 4.39 Å². The maximum Gasteiger partial charge on any atom is 0.229 e. The number of nitrogens with one attached hydrogen (secondary N) is 1. The van der Waals surface area contributed by atoms with Crippen LogP contribution in [0.25, 0.3) is 0 Å². The second-order valence-electron chi connectivity index (χ2n) is 5.41. The Hall–Kier alpha value is -1.42. The highest BCUT2D eigenvalue weighted by atomic mass is 19.1. The molecule has 4 unspecified atom stereocenters. The zero-order valence-corrected chi connectivity index (χ0v) is 10.1. The van der Waals surface area contributed by atoms with Crippen LogP contribution >= 0.6 is 0 Å². The fraction of sp³-hybridized carbons (Fsp3) is 0.500. The Labute approximate surface area is 106 Å². The molecule has 2 aliphatic rings. The van der Waals surface area contributed by atoms with Crippen LogP contribution in [-0.2, 0) is 4.79 Å². The molecule has 0 saturated heterocycles. The highest BCUT2D eigenvalue weighted by molar-refractivity contribution is 5.93. The molecule has 0 radical (unpaired) electrons. The molecule has 2 fully saturated rings. The first-order valence-corrected chi connectivity index (χ1v) is 6.48. The average Bonchev–Trinajstić information content (AvgIpc) is 2.92. The number of hydrogen-bond donors (Lipinski definition) is 2. The molecule has 2 bridgehead atoms. The highest BCUT2D eigenvalue weighted by Gasteiger charge is 2.49. The number of para-hydroxylation sites is 1. The number of halogens is 1. The van der Waals surface area contributed by atoms with Crippen LogP contribution in [0.4, 0.5) is 10.1 Å². The third-order valence-electron chi connectivity index (χ3n) is 4.42. The summed E-state index contributed by atoms with van der Waals surface area (Å²) in [6.07, 6.45) is 3.26. The predicted octanol–water partition coefficient (Wildman–Crippen LogP) is 2.14. The van der Waals surface area contributed by atoms with Crippen molar-refractivity contribution in [1.29, 1.82) is 0 Å². The molecule has 3 nitrogen and oxygen atoms in total. The summed E-state index contributed by atoms with van der Waals surface area (Å²) in [5.74, 6) is 0.189. The molecule has 2 saturated carbocycles. The van der Waals surface area contributed by atoms with E-state index in [1.807, 2.05) is 0 Å². The molecule has 96 valence electrons. The van der Waals surface area contributed by atoms with Crippen LogP contribution in [0.1, 0.15) is 19.3 Å². The molecule has 4 heteroatoms. The second kappa shape index (κ2) is 4.35. The lowest BCUT2D eigenvalue weighted by Crippen LogP contribution is -2.42. The zero-order chi connectivity index (χ0) is 12.7. The van der Waals surface area contributed by atoms with E-state index in [4.69, 9.17) is 5.73 Å². The number of carbonyl (C=O) groups excluding carboxylic acids is 1. The van der Waals surface area contributed by atoms with Crippen molar-refractivity contribution in [3.05, 3.63) is 30.1 Å². The molecule has 1 amide bonds. The quantitative estimate of drug-likeness (QED) is 0.842. The van der Waals surface area contributed by atoms with Gasteiger partial charge in [0, 0.05) is 6.04 Å². The lowest BCUT2D eigenvalue weighted by Gasteiger charge is -2.27. The fourth-order valence-electron chi connectivity index (χ4n) is 3.50. The van der Waals surface area contributed by atoms with Gasteiger partial charge in [-0.2, -0.15) is 0 Å². The molecule has 0 aliphatic heterocycles. The summed E-state index contributed by atoms with van der Waals surface area (Å²) < 4.78 is 13.5. The van der Waals surface area contributed by atoms with Gasteiger partial charge < -0.3 is 11.1 Å². The maximum absolute atomic E-state index is 13.5. The first kappa shape index (κ1) is 11.7. The van der Waals surface area contributed by atoms with E-state index in [0.29, 0.717) is 11.8 Å². The number of carbonyl (C=O) groups is 1. The average molecular weight is 248 g/mol. The molecule has 0 aromatic heterocycles. The Kier molecular flexibility index (Phi) is 2.82. The number of benzene rings is 1. The summed E-state index contributed by atoms with van der Waals surface area (Å²) in [6, 6.07) is 6.17. The van der Waals surface area contributed by atoms with E-state index in [0.717, 1.165) is 19.3 Å². The van der Waals surface area contributed by atoms with Gasteiger partial charge in [-0.3, -0.25) is 4.79 Å². The summed E-state index contributed by atoms with van der Waals surface area (Å²) in [6.45, 7) is 0. The minimum Gasteiger partial charge on any atom is -0.327 e. The first-order valence-electron chi connectivity index (χ1n) is 6.48. The molecule has 3 rings (SSSR count). The van der Waals surface area contributed by atoms with Gasteiger partial charge in [-0.1, -0.05) is 12.1 Å². The Balaban J connectivity index is 1.74. The van der Waals surface area contributed by atoms with Crippen LogP contribution in [0.3, 0.4) is 0 Å². The normalized spacial score (nSPS) is 33.7. The SMILES string of the molecule is NC1C2CCC(C2)C1C(=O)Nc1ccccc1F. The maximum atomic E-state index is 13.5. The van der Waals surface area contributed by atoms with E-state index in [1.54, 1.807) is 18.2 Å². The van der Waals surface area contributed by atoms with Gasteiger partial charge in [0.05, 0.1) is 11.6 Å². The summed E-state index contributed by atoms with van der Waals surface area (Å²) in [4.78, 5) is 12.2. The van der Waals surface area contributed by atoms with Crippen molar-refractivity contribution in [2.24, 2.45) is 23.5 Å². The molecule has 1 aromatic carbocycles. The van der Waals surface area contributed by atoms with Crippen molar-refractivity contribution < 1.29 is 9.18 Å². The van der Waals surface area contributed by atoms with Gasteiger partial charge in [0.25, 0.3) is 0 Å². The van der Waals surface area contributed by atoms with Gasteiger partial charge in [-0.15, -0.1) is 0 Å². The standard InChI is InChI=1S/C14H17FN2O/c15-10-3-1-2-4-11(10)17-14(18)12-8-5-6-9(7-8)13(12)16/h1-4,8-9,12-13H,5-7,16H2,(H,17,18). The summed E-state index contributed by atoms with van der Waals surface area (Å²) in [5, 5.41) is 2.67. The third kappa shape index (κ3) is 1.81. The smallest absolute Gasteiger partial charge is 0.229 e. The molecule has 18 heavy (non-hydrogen) atoms. The summed E-state index contributed by atoms with van der Waals surface area (Å²) >= 11 is 0. The van der Waals surface area contributed by atoms with Crippen LogP contribution in [0, 0.1) is 23.6 Å². The van der Waals surface area contributed by atoms with E-state index in [1.165, 1.54) is 6.07 Å². The van der Waals surface area contributed by atoms with E-state index in [9.17, 15) is 9.18 Å². The molecule has 2 aliphatic carbocycles. The number of amides is 1. The second-order valence-corrected chi connectivity index (χ2v) is 5.41. The lowest BCUT2D eigenvalue weighted by molar-refractivity contribution is -0.121. The number of anilines is 1. The zero-order valence-electron chi connectivity index (χ0n) is 10.1. The van der Waals surface area contributed by atoms with E-state index < -0.39 is 5.82 Å². The van der Waals surface area contributed by atoms with Crippen LogP contribution in [0.2, 0.25) is 0 Å². The molecule has 0 heterocycles. The van der Waals surface area contributed by atoms with Crippen molar-refractivity contribution in [2.45, 2.75) is 25.3 Å². The van der Waals surface area contributed by atoms with Crippen molar-refractivity contribution in [3.8, 4) is 0 Å². The minimum absolute atomic E-state index is 0.0597.